The van der Waals surface area contributed by atoms with Gasteiger partial charge in [-0.25, -0.2) is 10.8 Å². The van der Waals surface area contributed by atoms with Crippen LogP contribution in [0.3, 0.4) is 0 Å². The van der Waals surface area contributed by atoms with Crippen molar-refractivity contribution >= 4 is 44.1 Å². The molecule has 6 nitrogen and oxygen atoms in total. The third kappa shape index (κ3) is 3.20. The fourth-order valence-electron chi connectivity index (χ4n) is 1.60. The Labute approximate surface area is 118 Å². The van der Waals surface area contributed by atoms with Gasteiger partial charge in [0, 0.05) is 33.7 Å². The summed E-state index contributed by atoms with van der Waals surface area (Å²) < 4.78 is 11.4. The molecule has 0 aromatic carbocycles. The molecular formula is C11H17N5OS2. The third-order valence-corrected chi connectivity index (χ3v) is 5.01. The summed E-state index contributed by atoms with van der Waals surface area (Å²) in [5.74, 6) is 6.47. The monoisotopic (exact) mass is 299 g/mol. The van der Waals surface area contributed by atoms with E-state index >= 15 is 0 Å². The molecular weight excluding hydrogens is 282 g/mol. The Bertz CT molecular complexity index is 612. The summed E-state index contributed by atoms with van der Waals surface area (Å²) in [5.41, 5.74) is 2.46. The molecule has 0 bridgehead atoms. The van der Waals surface area contributed by atoms with Gasteiger partial charge >= 0.3 is 0 Å². The van der Waals surface area contributed by atoms with Crippen LogP contribution in [0, 0.1) is 6.92 Å². The molecule has 8 heteroatoms. The summed E-state index contributed by atoms with van der Waals surface area (Å²) >= 11 is 1.59. The molecule has 2 aromatic heterocycles. The number of rotatable bonds is 5. The number of anilines is 2. The largest absolute Gasteiger partial charge is 0.368 e. The van der Waals surface area contributed by atoms with Crippen molar-refractivity contribution < 1.29 is 4.21 Å². The van der Waals surface area contributed by atoms with Gasteiger partial charge in [0.2, 0.25) is 5.95 Å². The number of nitrogens with one attached hydrogen (secondary N) is 2. The number of nitrogens with two attached hydrogens (primary N) is 1. The van der Waals surface area contributed by atoms with Crippen LogP contribution < -0.4 is 16.6 Å². The number of nitrogens with zero attached hydrogens (tertiary/aromatic N) is 2. The summed E-state index contributed by atoms with van der Waals surface area (Å²) in [7, 11) is -0.863. The van der Waals surface area contributed by atoms with Gasteiger partial charge in [0.05, 0.1) is 5.39 Å². The zero-order valence-electron chi connectivity index (χ0n) is 11.1. The van der Waals surface area contributed by atoms with E-state index in [0.29, 0.717) is 12.5 Å². The zero-order chi connectivity index (χ0) is 14.0. The number of aromatic nitrogens is 2. The average molecular weight is 299 g/mol. The second-order valence-corrected chi connectivity index (χ2v) is 7.34. The van der Waals surface area contributed by atoms with Gasteiger partial charge in [-0.2, -0.15) is 4.98 Å². The van der Waals surface area contributed by atoms with Crippen molar-refractivity contribution in [3.8, 4) is 0 Å². The number of nitrogen functional groups attached to an aromatic ring is 1. The summed E-state index contributed by atoms with van der Waals surface area (Å²) in [6.45, 7) is 4.55. The van der Waals surface area contributed by atoms with Gasteiger partial charge in [-0.05, 0) is 19.9 Å². The van der Waals surface area contributed by atoms with Crippen molar-refractivity contribution in [2.45, 2.75) is 19.1 Å². The Kier molecular flexibility index (Phi) is 4.33. The molecule has 0 saturated carbocycles. The molecule has 0 aliphatic carbocycles. The second kappa shape index (κ2) is 5.81. The first-order valence-corrected chi connectivity index (χ1v) is 8.26. The van der Waals surface area contributed by atoms with E-state index in [-0.39, 0.29) is 5.25 Å². The first kappa shape index (κ1) is 14.2. The standard InChI is InChI=1S/C11H17N5OS2/c1-6-4-8-9(13-5-7(2)19(3)17)14-11(16-12)15-10(8)18-6/h4,7H,5,12H2,1-3H3,(H2,13,14,15,16). The van der Waals surface area contributed by atoms with E-state index in [1.54, 1.807) is 17.6 Å². The summed E-state index contributed by atoms with van der Waals surface area (Å²) in [6.07, 6.45) is 1.70. The molecule has 0 saturated heterocycles. The topological polar surface area (TPSA) is 92.9 Å². The predicted molar refractivity (Wildman–Crippen MR) is 82.0 cm³/mol. The second-order valence-electron chi connectivity index (χ2n) is 4.31. The van der Waals surface area contributed by atoms with Gasteiger partial charge < -0.3 is 5.32 Å². The van der Waals surface area contributed by atoms with E-state index in [0.717, 1.165) is 20.9 Å². The molecule has 4 N–H and O–H groups in total. The quantitative estimate of drug-likeness (QED) is 0.572. The van der Waals surface area contributed by atoms with Crippen LogP contribution in [0.2, 0.25) is 0 Å². The SMILES string of the molecule is Cc1cc2c(NCC(C)S(C)=O)nc(NN)nc2s1. The van der Waals surface area contributed by atoms with E-state index < -0.39 is 10.8 Å². The molecule has 0 radical (unpaired) electrons. The Morgan fingerprint density at radius 2 is 2.26 bits per heavy atom. The van der Waals surface area contributed by atoms with E-state index in [4.69, 9.17) is 5.84 Å². The number of hydrogen-bond donors (Lipinski definition) is 3. The Morgan fingerprint density at radius 3 is 2.89 bits per heavy atom. The minimum atomic E-state index is -0.863. The number of thiophene rings is 1. The van der Waals surface area contributed by atoms with Crippen LogP contribution in [0.5, 0.6) is 0 Å². The molecule has 0 spiro atoms. The van der Waals surface area contributed by atoms with Crippen molar-refractivity contribution in [1.29, 1.82) is 0 Å². The van der Waals surface area contributed by atoms with Crippen LogP contribution >= 0.6 is 11.3 Å². The smallest absolute Gasteiger partial charge is 0.240 e. The Morgan fingerprint density at radius 1 is 1.53 bits per heavy atom. The van der Waals surface area contributed by atoms with Crippen LogP contribution in [-0.2, 0) is 10.8 Å². The molecule has 2 unspecified atom stereocenters. The third-order valence-electron chi connectivity index (χ3n) is 2.77. The van der Waals surface area contributed by atoms with Crippen LogP contribution in [0.15, 0.2) is 6.07 Å². The van der Waals surface area contributed by atoms with Crippen LogP contribution in [0.4, 0.5) is 11.8 Å². The Balaban J connectivity index is 2.32. The maximum atomic E-state index is 11.4. The summed E-state index contributed by atoms with van der Waals surface area (Å²) in [6, 6.07) is 2.04. The molecule has 104 valence electrons. The lowest BCUT2D eigenvalue weighted by Gasteiger charge is -2.11. The van der Waals surface area contributed by atoms with Crippen molar-refractivity contribution in [3.05, 3.63) is 10.9 Å². The highest BCUT2D eigenvalue weighted by Crippen LogP contribution is 2.29. The molecule has 0 aliphatic heterocycles. The fraction of sp³-hybridized carbons (Fsp3) is 0.455. The number of fused-ring (bicyclic) bond motifs is 1. The number of hydrogen-bond acceptors (Lipinski definition) is 7. The van der Waals surface area contributed by atoms with E-state index in [9.17, 15) is 4.21 Å². The molecule has 2 atom stereocenters. The van der Waals surface area contributed by atoms with E-state index in [1.807, 2.05) is 19.9 Å². The highest BCUT2D eigenvalue weighted by molar-refractivity contribution is 7.84. The molecule has 2 heterocycles. The van der Waals surface area contributed by atoms with E-state index in [1.165, 1.54) is 0 Å². The van der Waals surface area contributed by atoms with Crippen LogP contribution in [0.25, 0.3) is 10.2 Å². The van der Waals surface area contributed by atoms with Crippen molar-refractivity contribution in [2.24, 2.45) is 5.84 Å². The van der Waals surface area contributed by atoms with Crippen LogP contribution in [-0.4, -0.2) is 32.2 Å². The minimum Gasteiger partial charge on any atom is -0.368 e. The van der Waals surface area contributed by atoms with Gasteiger partial charge in [0.15, 0.2) is 0 Å². The zero-order valence-corrected chi connectivity index (χ0v) is 12.7. The molecule has 0 fully saturated rings. The van der Waals surface area contributed by atoms with Crippen LogP contribution in [0.1, 0.15) is 11.8 Å². The van der Waals surface area contributed by atoms with Gasteiger partial charge in [-0.3, -0.25) is 9.63 Å². The molecule has 0 aliphatic rings. The molecule has 0 amide bonds. The highest BCUT2D eigenvalue weighted by atomic mass is 32.2. The maximum absolute atomic E-state index is 11.4. The maximum Gasteiger partial charge on any atom is 0.240 e. The van der Waals surface area contributed by atoms with Gasteiger partial charge in [-0.1, -0.05) is 0 Å². The minimum absolute atomic E-state index is 0.0547. The lowest BCUT2D eigenvalue weighted by atomic mass is 10.3. The fourth-order valence-corrected chi connectivity index (χ4v) is 2.80. The van der Waals surface area contributed by atoms with Crippen molar-refractivity contribution in [3.63, 3.8) is 0 Å². The summed E-state index contributed by atoms with van der Waals surface area (Å²) in [4.78, 5) is 10.7. The van der Waals surface area contributed by atoms with Gasteiger partial charge in [-0.15, -0.1) is 11.3 Å². The number of aryl methyl sites for hydroxylation is 1. The average Bonchev–Trinajstić information content (AvgIpc) is 2.75. The normalized spacial score (nSPS) is 14.3. The van der Waals surface area contributed by atoms with Gasteiger partial charge in [0.1, 0.15) is 10.6 Å². The first-order chi connectivity index (χ1) is 9.01. The lowest BCUT2D eigenvalue weighted by molar-refractivity contribution is 0.679. The Hall–Kier alpha value is -1.25. The van der Waals surface area contributed by atoms with Crippen molar-refractivity contribution in [2.75, 3.05) is 23.5 Å². The van der Waals surface area contributed by atoms with Crippen molar-refractivity contribution in [1.82, 2.24) is 9.97 Å². The van der Waals surface area contributed by atoms with Gasteiger partial charge in [0.25, 0.3) is 0 Å². The molecule has 2 aromatic rings. The lowest BCUT2D eigenvalue weighted by Crippen LogP contribution is -2.21. The summed E-state index contributed by atoms with van der Waals surface area (Å²) in [5, 5.41) is 4.25. The highest BCUT2D eigenvalue weighted by Gasteiger charge is 2.12. The predicted octanol–water partition coefficient (Wildman–Crippen LogP) is 1.46. The molecule has 2 rings (SSSR count). The first-order valence-electron chi connectivity index (χ1n) is 5.82. The number of hydrazine groups is 1. The van der Waals surface area contributed by atoms with E-state index in [2.05, 4.69) is 20.7 Å². The molecule has 19 heavy (non-hydrogen) atoms.